The zero-order valence-electron chi connectivity index (χ0n) is 11.9. The van der Waals surface area contributed by atoms with Crippen LogP contribution in [0.3, 0.4) is 0 Å². The third-order valence-corrected chi connectivity index (χ3v) is 4.00. The van der Waals surface area contributed by atoms with Crippen LogP contribution in [-0.2, 0) is 14.4 Å². The van der Waals surface area contributed by atoms with Crippen molar-refractivity contribution in [2.45, 2.75) is 37.9 Å². The molecule has 0 spiro atoms. The molecule has 2 saturated heterocycles. The van der Waals surface area contributed by atoms with Crippen LogP contribution in [-0.4, -0.2) is 54.5 Å². The summed E-state index contributed by atoms with van der Waals surface area (Å²) in [7, 11) is 0. The molecule has 22 heavy (non-hydrogen) atoms. The number of nitrogens with zero attached hydrogens (tertiary/aromatic N) is 1. The quantitative estimate of drug-likeness (QED) is 0.778. The van der Waals surface area contributed by atoms with E-state index in [0.717, 1.165) is 4.90 Å². The van der Waals surface area contributed by atoms with Crippen molar-refractivity contribution in [3.05, 3.63) is 0 Å². The third-order valence-electron chi connectivity index (χ3n) is 4.00. The minimum atomic E-state index is -4.87. The maximum absolute atomic E-state index is 12.3. The number of likely N-dealkylation sites (tertiary alicyclic amines) is 1. The molecular formula is C13H18F3N3O3. The van der Waals surface area contributed by atoms with Gasteiger partial charge in [-0.25, -0.2) is 0 Å². The van der Waals surface area contributed by atoms with Gasteiger partial charge in [0.2, 0.25) is 11.8 Å². The van der Waals surface area contributed by atoms with E-state index in [-0.39, 0.29) is 43.8 Å². The SMILES string of the molecule is O=C1CCC(CNC(=O)C2CCN(C(=O)C(F)(F)F)CC2)N1. The normalized spacial score (nSPS) is 23.3. The van der Waals surface area contributed by atoms with Crippen molar-refractivity contribution in [3.8, 4) is 0 Å². The second-order valence-corrected chi connectivity index (χ2v) is 5.61. The lowest BCUT2D eigenvalue weighted by atomic mass is 9.95. The van der Waals surface area contributed by atoms with Crippen molar-refractivity contribution in [1.82, 2.24) is 15.5 Å². The van der Waals surface area contributed by atoms with Gasteiger partial charge in [0, 0.05) is 38.0 Å². The van der Waals surface area contributed by atoms with Gasteiger partial charge in [-0.2, -0.15) is 13.2 Å². The first-order chi connectivity index (χ1) is 10.3. The summed E-state index contributed by atoms with van der Waals surface area (Å²) in [5.74, 6) is -2.52. The smallest absolute Gasteiger partial charge is 0.354 e. The van der Waals surface area contributed by atoms with E-state index in [1.165, 1.54) is 0 Å². The van der Waals surface area contributed by atoms with Gasteiger partial charge in [0.1, 0.15) is 0 Å². The zero-order valence-corrected chi connectivity index (χ0v) is 11.9. The van der Waals surface area contributed by atoms with Crippen LogP contribution in [0.1, 0.15) is 25.7 Å². The Morgan fingerprint density at radius 1 is 1.23 bits per heavy atom. The molecule has 124 valence electrons. The number of alkyl halides is 3. The van der Waals surface area contributed by atoms with Gasteiger partial charge < -0.3 is 15.5 Å². The number of nitrogens with one attached hydrogen (secondary N) is 2. The Morgan fingerprint density at radius 2 is 1.86 bits per heavy atom. The molecule has 0 radical (unpaired) electrons. The van der Waals surface area contributed by atoms with Crippen LogP contribution in [0.4, 0.5) is 13.2 Å². The molecule has 1 unspecified atom stereocenters. The molecule has 0 aliphatic carbocycles. The van der Waals surface area contributed by atoms with Crippen molar-refractivity contribution >= 4 is 17.7 Å². The molecule has 1 atom stereocenters. The highest BCUT2D eigenvalue weighted by atomic mass is 19.4. The van der Waals surface area contributed by atoms with Gasteiger partial charge >= 0.3 is 12.1 Å². The highest BCUT2D eigenvalue weighted by Crippen LogP contribution is 2.24. The average molecular weight is 321 g/mol. The minimum Gasteiger partial charge on any atom is -0.354 e. The van der Waals surface area contributed by atoms with Gasteiger partial charge in [0.15, 0.2) is 0 Å². The topological polar surface area (TPSA) is 78.5 Å². The number of amides is 3. The Kier molecular flexibility index (Phi) is 4.92. The predicted octanol–water partition coefficient (Wildman–Crippen LogP) is 0.182. The van der Waals surface area contributed by atoms with Crippen molar-refractivity contribution in [2.24, 2.45) is 5.92 Å². The fraction of sp³-hybridized carbons (Fsp3) is 0.769. The zero-order chi connectivity index (χ0) is 16.3. The number of hydrogen-bond acceptors (Lipinski definition) is 3. The molecule has 2 aliphatic heterocycles. The van der Waals surface area contributed by atoms with Crippen LogP contribution in [0.5, 0.6) is 0 Å². The first-order valence-corrected chi connectivity index (χ1v) is 7.20. The first kappa shape index (κ1) is 16.6. The fourth-order valence-corrected chi connectivity index (χ4v) is 2.72. The number of carbonyl (C=O) groups excluding carboxylic acids is 3. The molecule has 0 aromatic carbocycles. The molecule has 2 rings (SSSR count). The summed E-state index contributed by atoms with van der Waals surface area (Å²) in [6, 6.07) is -0.0802. The van der Waals surface area contributed by atoms with Crippen molar-refractivity contribution in [1.29, 1.82) is 0 Å². The van der Waals surface area contributed by atoms with Crippen molar-refractivity contribution in [2.75, 3.05) is 19.6 Å². The Labute approximate surface area is 125 Å². The summed E-state index contributed by atoms with van der Waals surface area (Å²) in [6.07, 6.45) is -3.33. The van der Waals surface area contributed by atoms with E-state index in [4.69, 9.17) is 0 Å². The van der Waals surface area contributed by atoms with Gasteiger partial charge in [-0.05, 0) is 19.3 Å². The van der Waals surface area contributed by atoms with Gasteiger partial charge in [-0.3, -0.25) is 14.4 Å². The molecule has 0 saturated carbocycles. The Balaban J connectivity index is 1.73. The van der Waals surface area contributed by atoms with Crippen LogP contribution in [0.15, 0.2) is 0 Å². The van der Waals surface area contributed by atoms with E-state index in [0.29, 0.717) is 19.4 Å². The number of carbonyl (C=O) groups is 3. The standard InChI is InChI=1S/C13H18F3N3O3/c14-13(15,16)12(22)19-5-3-8(4-6-19)11(21)17-7-9-1-2-10(20)18-9/h8-9H,1-7H2,(H,17,21)(H,18,20). The highest BCUT2D eigenvalue weighted by Gasteiger charge is 2.43. The Morgan fingerprint density at radius 3 is 2.36 bits per heavy atom. The number of rotatable bonds is 3. The maximum Gasteiger partial charge on any atom is 0.471 e. The monoisotopic (exact) mass is 321 g/mol. The van der Waals surface area contributed by atoms with Crippen LogP contribution < -0.4 is 10.6 Å². The summed E-state index contributed by atoms with van der Waals surface area (Å²) in [6.45, 7) is 0.180. The third kappa shape index (κ3) is 4.11. The second-order valence-electron chi connectivity index (χ2n) is 5.61. The van der Waals surface area contributed by atoms with Gasteiger partial charge in [0.25, 0.3) is 0 Å². The molecular weight excluding hydrogens is 303 g/mol. The molecule has 2 heterocycles. The van der Waals surface area contributed by atoms with Gasteiger partial charge in [-0.15, -0.1) is 0 Å². The summed E-state index contributed by atoms with van der Waals surface area (Å²) in [5.41, 5.74) is 0. The summed E-state index contributed by atoms with van der Waals surface area (Å²) < 4.78 is 36.9. The molecule has 2 N–H and O–H groups in total. The lowest BCUT2D eigenvalue weighted by Gasteiger charge is -2.31. The molecule has 0 aromatic heterocycles. The molecule has 2 fully saturated rings. The number of halogens is 3. The molecule has 0 aromatic rings. The molecule has 3 amide bonds. The van der Waals surface area contributed by atoms with Crippen LogP contribution in [0.25, 0.3) is 0 Å². The lowest BCUT2D eigenvalue weighted by Crippen LogP contribution is -2.48. The minimum absolute atomic E-state index is 0.0433. The van der Waals surface area contributed by atoms with Gasteiger partial charge in [0.05, 0.1) is 0 Å². The van der Waals surface area contributed by atoms with Crippen LogP contribution >= 0.6 is 0 Å². The van der Waals surface area contributed by atoms with E-state index in [1.807, 2.05) is 0 Å². The van der Waals surface area contributed by atoms with Gasteiger partial charge in [-0.1, -0.05) is 0 Å². The van der Waals surface area contributed by atoms with E-state index in [1.54, 1.807) is 0 Å². The lowest BCUT2D eigenvalue weighted by molar-refractivity contribution is -0.186. The summed E-state index contributed by atoms with van der Waals surface area (Å²) >= 11 is 0. The molecule has 0 bridgehead atoms. The number of piperidine rings is 1. The Bertz CT molecular complexity index is 459. The maximum atomic E-state index is 12.3. The van der Waals surface area contributed by atoms with Crippen molar-refractivity contribution < 1.29 is 27.6 Å². The predicted molar refractivity (Wildman–Crippen MR) is 69.5 cm³/mol. The second kappa shape index (κ2) is 6.53. The van der Waals surface area contributed by atoms with E-state index < -0.39 is 18.0 Å². The summed E-state index contributed by atoms with van der Waals surface area (Å²) in [4.78, 5) is 34.8. The molecule has 2 aliphatic rings. The number of hydrogen-bond donors (Lipinski definition) is 2. The highest BCUT2D eigenvalue weighted by molar-refractivity contribution is 5.83. The average Bonchev–Trinajstić information content (AvgIpc) is 2.89. The first-order valence-electron chi connectivity index (χ1n) is 7.20. The molecule has 9 heteroatoms. The fourth-order valence-electron chi connectivity index (χ4n) is 2.72. The molecule has 6 nitrogen and oxygen atoms in total. The Hall–Kier alpha value is -1.80. The van der Waals surface area contributed by atoms with Crippen LogP contribution in [0.2, 0.25) is 0 Å². The summed E-state index contributed by atoms with van der Waals surface area (Å²) in [5, 5.41) is 5.43. The van der Waals surface area contributed by atoms with Crippen LogP contribution in [0, 0.1) is 5.92 Å². The van der Waals surface area contributed by atoms with Crippen molar-refractivity contribution in [3.63, 3.8) is 0 Å². The largest absolute Gasteiger partial charge is 0.471 e. The van der Waals surface area contributed by atoms with E-state index in [9.17, 15) is 27.6 Å². The van der Waals surface area contributed by atoms with E-state index in [2.05, 4.69) is 10.6 Å². The van der Waals surface area contributed by atoms with E-state index >= 15 is 0 Å².